The number of carbonyl (C=O) groups is 8. The summed E-state index contributed by atoms with van der Waals surface area (Å²) >= 11 is 0. The number of nitrogens with zero attached hydrogens (tertiary/aromatic N) is 1. The molecule has 0 bridgehead atoms. The molecule has 2 aromatic rings. The average Bonchev–Trinajstić information content (AvgIpc) is 3.35. The van der Waals surface area contributed by atoms with Crippen molar-refractivity contribution in [3.8, 4) is 0 Å². The number of piperidine rings is 2. The van der Waals surface area contributed by atoms with Crippen LogP contribution in [-0.2, 0) is 23.9 Å². The molecule has 2 unspecified atom stereocenters. The number of hydrogen-bond acceptors (Lipinski definition) is 10. The van der Waals surface area contributed by atoms with Gasteiger partial charge in [0.15, 0.2) is 0 Å². The number of nitrogens with two attached hydrogens (primary N) is 1. The van der Waals surface area contributed by atoms with E-state index in [4.69, 9.17) is 5.73 Å². The van der Waals surface area contributed by atoms with Crippen molar-refractivity contribution in [2.45, 2.75) is 52.6 Å². The normalized spacial score (nSPS) is 19.7. The van der Waals surface area contributed by atoms with Gasteiger partial charge in [0.1, 0.15) is 23.2 Å². The maximum atomic E-state index is 13.7. The Balaban J connectivity index is 0.000000348. The molecule has 0 saturated carbocycles. The van der Waals surface area contributed by atoms with E-state index >= 15 is 0 Å². The molecule has 236 valence electrons. The van der Waals surface area contributed by atoms with E-state index < -0.39 is 59.3 Å². The highest BCUT2D eigenvalue weighted by Crippen LogP contribution is 2.29. The van der Waals surface area contributed by atoms with Crippen molar-refractivity contribution in [3.05, 3.63) is 70.3 Å². The first-order valence-corrected chi connectivity index (χ1v) is 12.0. The van der Waals surface area contributed by atoms with Gasteiger partial charge in [-0.3, -0.25) is 44.3 Å². The predicted octanol–water partition coefficient (Wildman–Crippen LogP) is 1.81. The van der Waals surface area contributed by atoms with Crippen LogP contribution < -0.4 is 16.4 Å². The largest absolute Gasteiger partial charge is 0.386 e. The standard InChI is InChI=1S/C13H9FN2O4.C8H3FO3.C5H8N2O2.2CH4.ClH/c14-7-3-1-2-6-10(7)13(20)16(12(6)19)8-4-5-9(17)15-11(8)18;9-5-3-1-2-4-6(5)8(11)12-7(4)10;6-3-1-2-4(8)7-5(3)9;;;/h1-3,8H,4-5H2,(H,15,17,18);1-3H;3H,1-2,6H2,(H,7,8,9);2*1H4;1H. The second kappa shape index (κ2) is 15.0. The van der Waals surface area contributed by atoms with Gasteiger partial charge in [-0.2, -0.15) is 0 Å². The number of benzene rings is 2. The summed E-state index contributed by atoms with van der Waals surface area (Å²) < 4.78 is 30.7. The summed E-state index contributed by atoms with van der Waals surface area (Å²) in [6.07, 6.45) is 0.932. The van der Waals surface area contributed by atoms with Gasteiger partial charge in [0, 0.05) is 12.8 Å². The molecular formula is C28H29ClF2N4O9. The summed E-state index contributed by atoms with van der Waals surface area (Å²) in [5, 5.41) is 4.20. The number of cyclic esters (lactones) is 2. The molecule has 2 atom stereocenters. The third kappa shape index (κ3) is 7.36. The van der Waals surface area contributed by atoms with Crippen LogP contribution in [0, 0.1) is 11.6 Å². The molecule has 4 aliphatic heterocycles. The maximum Gasteiger partial charge on any atom is 0.349 e. The van der Waals surface area contributed by atoms with Crippen LogP contribution in [0.25, 0.3) is 0 Å². The zero-order chi connectivity index (χ0) is 30.0. The van der Waals surface area contributed by atoms with E-state index in [1.165, 1.54) is 24.3 Å². The predicted molar refractivity (Wildman–Crippen MR) is 150 cm³/mol. The molecular weight excluding hydrogens is 610 g/mol. The van der Waals surface area contributed by atoms with Crippen molar-refractivity contribution in [1.82, 2.24) is 15.5 Å². The van der Waals surface area contributed by atoms with Crippen LogP contribution in [-0.4, -0.2) is 64.4 Å². The molecule has 4 heterocycles. The van der Waals surface area contributed by atoms with Gasteiger partial charge < -0.3 is 10.5 Å². The first kappa shape index (κ1) is 37.1. The Morgan fingerprint density at radius 1 is 0.705 bits per heavy atom. The number of imide groups is 3. The van der Waals surface area contributed by atoms with Crippen LogP contribution in [0.15, 0.2) is 36.4 Å². The second-order valence-electron chi connectivity index (χ2n) is 9.01. The lowest BCUT2D eigenvalue weighted by Gasteiger charge is -2.27. The number of ether oxygens (including phenoxy) is 1. The Bertz CT molecular complexity index is 1550. The topological polar surface area (TPSA) is 199 Å². The van der Waals surface area contributed by atoms with Gasteiger partial charge in [0.25, 0.3) is 11.8 Å². The minimum Gasteiger partial charge on any atom is -0.386 e. The van der Waals surface area contributed by atoms with Crippen LogP contribution in [0.1, 0.15) is 82.0 Å². The lowest BCUT2D eigenvalue weighted by atomic mass is 10.0. The number of fused-ring (bicyclic) bond motifs is 2. The second-order valence-corrected chi connectivity index (χ2v) is 9.01. The van der Waals surface area contributed by atoms with E-state index in [9.17, 15) is 47.1 Å². The van der Waals surface area contributed by atoms with Crippen molar-refractivity contribution in [2.75, 3.05) is 0 Å². The summed E-state index contributed by atoms with van der Waals surface area (Å²) in [7, 11) is 0. The summed E-state index contributed by atoms with van der Waals surface area (Å²) in [6, 6.07) is 6.01. The first-order valence-electron chi connectivity index (χ1n) is 12.0. The lowest BCUT2D eigenvalue weighted by molar-refractivity contribution is -0.137. The minimum absolute atomic E-state index is 0. The molecule has 6 amide bonds. The van der Waals surface area contributed by atoms with E-state index in [-0.39, 0.29) is 74.2 Å². The quantitative estimate of drug-likeness (QED) is 0.235. The Morgan fingerprint density at radius 2 is 1.23 bits per heavy atom. The molecule has 0 radical (unpaired) electrons. The van der Waals surface area contributed by atoms with Crippen molar-refractivity contribution in [3.63, 3.8) is 0 Å². The molecule has 16 heteroatoms. The molecule has 2 aromatic carbocycles. The van der Waals surface area contributed by atoms with E-state index in [0.717, 1.165) is 17.0 Å². The Morgan fingerprint density at radius 3 is 1.73 bits per heavy atom. The summed E-state index contributed by atoms with van der Waals surface area (Å²) in [6.45, 7) is 0. The number of carbonyl (C=O) groups excluding carboxylic acids is 8. The van der Waals surface area contributed by atoms with Crippen molar-refractivity contribution >= 4 is 59.8 Å². The molecule has 4 N–H and O–H groups in total. The third-order valence-corrected chi connectivity index (χ3v) is 6.32. The van der Waals surface area contributed by atoms with Gasteiger partial charge in [-0.05, 0) is 37.1 Å². The number of amides is 6. The molecule has 0 aromatic heterocycles. The summed E-state index contributed by atoms with van der Waals surface area (Å²) in [5.41, 5.74) is 4.64. The molecule has 6 rings (SSSR count). The number of esters is 2. The SMILES string of the molecule is C.C.Cl.NC1CCC(=O)NC1=O.O=C1CCC(N2C(=O)c3cccc(F)c3C2=O)C(=O)N1.O=C1OC(=O)c2c(F)cccc21. The highest BCUT2D eigenvalue weighted by molar-refractivity contribution is 6.23. The van der Waals surface area contributed by atoms with Gasteiger partial charge in [-0.1, -0.05) is 27.0 Å². The molecule has 44 heavy (non-hydrogen) atoms. The number of nitrogens with one attached hydrogen (secondary N) is 2. The minimum atomic E-state index is -1.07. The first-order chi connectivity index (χ1) is 19.4. The van der Waals surface area contributed by atoms with Crippen LogP contribution >= 0.6 is 12.4 Å². The van der Waals surface area contributed by atoms with Crippen molar-refractivity contribution < 1.29 is 51.9 Å². The van der Waals surface area contributed by atoms with Crippen molar-refractivity contribution in [2.24, 2.45) is 5.73 Å². The molecule has 2 fully saturated rings. The molecule has 0 spiro atoms. The highest BCUT2D eigenvalue weighted by Gasteiger charge is 2.45. The van der Waals surface area contributed by atoms with Crippen LogP contribution in [0.3, 0.4) is 0 Å². The monoisotopic (exact) mass is 638 g/mol. The van der Waals surface area contributed by atoms with Gasteiger partial charge in [-0.15, -0.1) is 12.4 Å². The number of hydrogen-bond donors (Lipinski definition) is 3. The van der Waals surface area contributed by atoms with E-state index in [1.807, 2.05) is 0 Å². The Labute approximate surface area is 255 Å². The zero-order valence-electron chi connectivity index (χ0n) is 21.3. The summed E-state index contributed by atoms with van der Waals surface area (Å²) in [4.78, 5) is 90.5. The van der Waals surface area contributed by atoms with Crippen LogP contribution in [0.5, 0.6) is 0 Å². The summed E-state index contributed by atoms with van der Waals surface area (Å²) in [5.74, 6) is -6.49. The van der Waals surface area contributed by atoms with Gasteiger partial charge in [-0.25, -0.2) is 18.4 Å². The Hall–Kier alpha value is -4.89. The van der Waals surface area contributed by atoms with E-state index in [0.29, 0.717) is 12.8 Å². The molecule has 13 nitrogen and oxygen atoms in total. The lowest BCUT2D eigenvalue weighted by Crippen LogP contribution is -2.54. The van der Waals surface area contributed by atoms with E-state index in [1.54, 1.807) is 0 Å². The molecule has 2 saturated heterocycles. The van der Waals surface area contributed by atoms with Gasteiger partial charge >= 0.3 is 11.9 Å². The van der Waals surface area contributed by atoms with E-state index in [2.05, 4.69) is 15.4 Å². The average molecular weight is 639 g/mol. The fourth-order valence-corrected chi connectivity index (χ4v) is 4.28. The smallest absolute Gasteiger partial charge is 0.349 e. The van der Waals surface area contributed by atoms with Gasteiger partial charge in [0.05, 0.1) is 22.7 Å². The molecule has 0 aliphatic carbocycles. The van der Waals surface area contributed by atoms with Crippen molar-refractivity contribution in [1.29, 1.82) is 0 Å². The number of halogens is 3. The fraction of sp³-hybridized carbons (Fsp3) is 0.286. The van der Waals surface area contributed by atoms with Gasteiger partial charge in [0.2, 0.25) is 23.6 Å². The highest BCUT2D eigenvalue weighted by atomic mass is 35.5. The zero-order valence-corrected chi connectivity index (χ0v) is 22.1. The number of rotatable bonds is 1. The maximum absolute atomic E-state index is 13.7. The third-order valence-electron chi connectivity index (χ3n) is 6.32. The van der Waals surface area contributed by atoms with Crippen LogP contribution in [0.4, 0.5) is 8.78 Å². The van der Waals surface area contributed by atoms with Crippen LogP contribution in [0.2, 0.25) is 0 Å². The molecule has 4 aliphatic rings. The Kier molecular flexibility index (Phi) is 12.7. The fourth-order valence-electron chi connectivity index (χ4n) is 4.28.